The summed E-state index contributed by atoms with van der Waals surface area (Å²) >= 11 is 0. The van der Waals surface area contributed by atoms with Gasteiger partial charge in [-0.05, 0) is 25.8 Å². The van der Waals surface area contributed by atoms with Crippen LogP contribution in [0.1, 0.15) is 32.6 Å². The third-order valence-electron chi connectivity index (χ3n) is 3.86. The van der Waals surface area contributed by atoms with Gasteiger partial charge in [-0.15, -0.1) is 0 Å². The summed E-state index contributed by atoms with van der Waals surface area (Å²) < 4.78 is 23.0. The summed E-state index contributed by atoms with van der Waals surface area (Å²) in [6.07, 6.45) is 3.85. The molecule has 2 heterocycles. The molecular formula is C11H21NO3S. The number of rotatable bonds is 2. The molecule has 0 saturated carbocycles. The van der Waals surface area contributed by atoms with Crippen molar-refractivity contribution in [3.63, 3.8) is 0 Å². The van der Waals surface area contributed by atoms with Gasteiger partial charge in [0.25, 0.3) is 0 Å². The summed E-state index contributed by atoms with van der Waals surface area (Å²) in [5.74, 6) is 0.0925. The van der Waals surface area contributed by atoms with E-state index in [1.165, 1.54) is 6.42 Å². The Morgan fingerprint density at radius 3 is 2.62 bits per heavy atom. The average molecular weight is 247 g/mol. The molecule has 4 nitrogen and oxygen atoms in total. The van der Waals surface area contributed by atoms with Crippen LogP contribution in [0.25, 0.3) is 0 Å². The number of aliphatic hydroxyl groups excluding tert-OH is 1. The van der Waals surface area contributed by atoms with Crippen molar-refractivity contribution in [1.29, 1.82) is 0 Å². The molecule has 0 aromatic rings. The number of aliphatic hydroxyl groups is 1. The van der Waals surface area contributed by atoms with E-state index in [4.69, 9.17) is 0 Å². The van der Waals surface area contributed by atoms with Crippen LogP contribution in [0.5, 0.6) is 0 Å². The molecule has 0 radical (unpaired) electrons. The lowest BCUT2D eigenvalue weighted by Gasteiger charge is -2.40. The third-order valence-corrected chi connectivity index (χ3v) is 5.56. The lowest BCUT2D eigenvalue weighted by molar-refractivity contribution is 0.0333. The molecule has 0 aromatic carbocycles. The molecule has 2 fully saturated rings. The minimum atomic E-state index is -3.02. The van der Waals surface area contributed by atoms with Gasteiger partial charge in [0.1, 0.15) is 0 Å². The van der Waals surface area contributed by atoms with Crippen molar-refractivity contribution in [2.75, 3.05) is 18.1 Å². The smallest absolute Gasteiger partial charge is 0.154 e. The van der Waals surface area contributed by atoms with Crippen molar-refractivity contribution in [3.8, 4) is 0 Å². The fourth-order valence-electron chi connectivity index (χ4n) is 3.03. The molecule has 0 bridgehead atoms. The normalized spacial score (nSPS) is 40.0. The van der Waals surface area contributed by atoms with Crippen LogP contribution >= 0.6 is 0 Å². The first-order valence-electron chi connectivity index (χ1n) is 6.17. The standard InChI is InChI=1S/C11H21NO3S/c1-2-9-5-3-4-6-12(9)10-7-16(14,15)8-11(10)13/h9-11,13H,2-8H2,1H3. The summed E-state index contributed by atoms with van der Waals surface area (Å²) in [5.41, 5.74) is 0. The number of nitrogens with zero attached hydrogens (tertiary/aromatic N) is 1. The lowest BCUT2D eigenvalue weighted by Crippen LogP contribution is -2.50. The number of sulfone groups is 1. The Labute approximate surface area is 97.6 Å². The van der Waals surface area contributed by atoms with Crippen LogP contribution in [0.3, 0.4) is 0 Å². The number of hydrogen-bond donors (Lipinski definition) is 1. The van der Waals surface area contributed by atoms with Crippen molar-refractivity contribution in [3.05, 3.63) is 0 Å². The molecule has 2 rings (SSSR count). The van der Waals surface area contributed by atoms with Gasteiger partial charge >= 0.3 is 0 Å². The highest BCUT2D eigenvalue weighted by Gasteiger charge is 2.42. The predicted octanol–water partition coefficient (Wildman–Crippen LogP) is 0.409. The highest BCUT2D eigenvalue weighted by atomic mass is 32.2. The van der Waals surface area contributed by atoms with Gasteiger partial charge in [-0.3, -0.25) is 4.90 Å². The van der Waals surface area contributed by atoms with E-state index in [-0.39, 0.29) is 17.5 Å². The Kier molecular flexibility index (Phi) is 3.56. The predicted molar refractivity (Wildman–Crippen MR) is 63.1 cm³/mol. The van der Waals surface area contributed by atoms with Crippen molar-refractivity contribution in [2.24, 2.45) is 0 Å². The maximum atomic E-state index is 11.5. The van der Waals surface area contributed by atoms with Gasteiger partial charge in [0.15, 0.2) is 9.84 Å². The average Bonchev–Trinajstić information content (AvgIpc) is 2.52. The van der Waals surface area contributed by atoms with Crippen molar-refractivity contribution < 1.29 is 13.5 Å². The van der Waals surface area contributed by atoms with E-state index in [1.807, 2.05) is 0 Å². The molecule has 94 valence electrons. The third kappa shape index (κ3) is 2.41. The topological polar surface area (TPSA) is 57.6 Å². The van der Waals surface area contributed by atoms with Crippen LogP contribution in [0.4, 0.5) is 0 Å². The van der Waals surface area contributed by atoms with Crippen LogP contribution in [0.15, 0.2) is 0 Å². The van der Waals surface area contributed by atoms with Gasteiger partial charge in [0, 0.05) is 6.04 Å². The first-order valence-corrected chi connectivity index (χ1v) is 8.00. The molecule has 0 aromatic heterocycles. The van der Waals surface area contributed by atoms with Crippen molar-refractivity contribution >= 4 is 9.84 Å². The monoisotopic (exact) mass is 247 g/mol. The molecule has 2 aliphatic rings. The van der Waals surface area contributed by atoms with Crippen LogP contribution in [-0.4, -0.2) is 54.7 Å². The molecule has 5 heteroatoms. The van der Waals surface area contributed by atoms with Gasteiger partial charge in [0.05, 0.1) is 23.7 Å². The van der Waals surface area contributed by atoms with E-state index in [2.05, 4.69) is 11.8 Å². The van der Waals surface area contributed by atoms with Crippen molar-refractivity contribution in [2.45, 2.75) is 50.8 Å². The van der Waals surface area contributed by atoms with E-state index in [0.29, 0.717) is 6.04 Å². The summed E-state index contributed by atoms with van der Waals surface area (Å²) in [6.45, 7) is 3.08. The van der Waals surface area contributed by atoms with Crippen molar-refractivity contribution in [1.82, 2.24) is 4.90 Å². The minimum Gasteiger partial charge on any atom is -0.390 e. The molecular weight excluding hydrogens is 226 g/mol. The molecule has 16 heavy (non-hydrogen) atoms. The van der Waals surface area contributed by atoms with E-state index >= 15 is 0 Å². The van der Waals surface area contributed by atoms with Gasteiger partial charge in [-0.2, -0.15) is 0 Å². The summed E-state index contributed by atoms with van der Waals surface area (Å²) in [6, 6.07) is 0.303. The van der Waals surface area contributed by atoms with Crippen LogP contribution < -0.4 is 0 Å². The first kappa shape index (κ1) is 12.3. The van der Waals surface area contributed by atoms with Gasteiger partial charge in [0.2, 0.25) is 0 Å². The summed E-state index contributed by atoms with van der Waals surface area (Å²) in [4.78, 5) is 2.23. The van der Waals surface area contributed by atoms with Crippen LogP contribution in [-0.2, 0) is 9.84 Å². The fraction of sp³-hybridized carbons (Fsp3) is 1.00. The van der Waals surface area contributed by atoms with Gasteiger partial charge in [-0.25, -0.2) is 8.42 Å². The van der Waals surface area contributed by atoms with E-state index in [9.17, 15) is 13.5 Å². The first-order chi connectivity index (χ1) is 7.53. The molecule has 2 saturated heterocycles. The van der Waals surface area contributed by atoms with E-state index in [0.717, 1.165) is 25.8 Å². The Morgan fingerprint density at radius 2 is 2.06 bits per heavy atom. The fourth-order valence-corrected chi connectivity index (χ4v) is 4.84. The lowest BCUT2D eigenvalue weighted by atomic mass is 9.97. The van der Waals surface area contributed by atoms with Crippen LogP contribution in [0.2, 0.25) is 0 Å². The number of piperidine rings is 1. The molecule has 2 aliphatic heterocycles. The Morgan fingerprint density at radius 1 is 1.31 bits per heavy atom. The zero-order valence-electron chi connectivity index (χ0n) is 9.80. The SMILES string of the molecule is CCC1CCCCN1C1CS(=O)(=O)CC1O. The second-order valence-corrected chi connectivity index (χ2v) is 7.16. The molecule has 1 N–H and O–H groups in total. The molecule has 3 unspecified atom stereocenters. The van der Waals surface area contributed by atoms with Gasteiger partial charge < -0.3 is 5.11 Å². The van der Waals surface area contributed by atoms with E-state index in [1.54, 1.807) is 0 Å². The number of likely N-dealkylation sites (tertiary alicyclic amines) is 1. The zero-order chi connectivity index (χ0) is 11.8. The minimum absolute atomic E-state index is 0.0510. The maximum absolute atomic E-state index is 11.5. The molecule has 0 spiro atoms. The largest absolute Gasteiger partial charge is 0.390 e. The van der Waals surface area contributed by atoms with Gasteiger partial charge in [-0.1, -0.05) is 13.3 Å². The summed E-state index contributed by atoms with van der Waals surface area (Å²) in [7, 11) is -3.02. The summed E-state index contributed by atoms with van der Waals surface area (Å²) in [5, 5.41) is 9.87. The highest BCUT2D eigenvalue weighted by molar-refractivity contribution is 7.91. The molecule has 0 amide bonds. The number of hydrogen-bond acceptors (Lipinski definition) is 4. The Balaban J connectivity index is 2.11. The Bertz CT molecular complexity index is 341. The maximum Gasteiger partial charge on any atom is 0.154 e. The van der Waals surface area contributed by atoms with E-state index < -0.39 is 15.9 Å². The molecule has 3 atom stereocenters. The quantitative estimate of drug-likeness (QED) is 0.768. The second-order valence-electron chi connectivity index (χ2n) is 5.01. The molecule has 0 aliphatic carbocycles. The second kappa shape index (κ2) is 4.63. The zero-order valence-corrected chi connectivity index (χ0v) is 10.6. The highest BCUT2D eigenvalue weighted by Crippen LogP contribution is 2.27. The Hall–Kier alpha value is -0.130. The van der Waals surface area contributed by atoms with Crippen LogP contribution in [0, 0.1) is 0 Å².